The van der Waals surface area contributed by atoms with Crippen LogP contribution in [0.3, 0.4) is 0 Å². The average molecular weight is 383 g/mol. The highest BCUT2D eigenvalue weighted by Crippen LogP contribution is 2.26. The monoisotopic (exact) mass is 383 g/mol. The van der Waals surface area contributed by atoms with E-state index in [4.69, 9.17) is 9.84 Å². The smallest absolute Gasteiger partial charge is 0.335 e. The van der Waals surface area contributed by atoms with Crippen molar-refractivity contribution in [3.05, 3.63) is 83.9 Å². The third kappa shape index (κ3) is 4.45. The lowest BCUT2D eigenvalue weighted by molar-refractivity contribution is 0.0697. The number of benzene rings is 3. The first-order chi connectivity index (χ1) is 12.8. The Morgan fingerprint density at radius 3 is 2.15 bits per heavy atom. The molecule has 27 heavy (non-hydrogen) atoms. The molecule has 0 fully saturated rings. The Labute approximate surface area is 157 Å². The largest absolute Gasteiger partial charge is 0.478 e. The normalized spacial score (nSPS) is 11.0. The van der Waals surface area contributed by atoms with Crippen molar-refractivity contribution in [1.82, 2.24) is 0 Å². The zero-order valence-corrected chi connectivity index (χ0v) is 15.2. The quantitative estimate of drug-likeness (QED) is 0.662. The van der Waals surface area contributed by atoms with E-state index in [0.29, 0.717) is 11.5 Å². The van der Waals surface area contributed by atoms with Gasteiger partial charge in [-0.1, -0.05) is 18.2 Å². The van der Waals surface area contributed by atoms with Crippen LogP contribution in [0.15, 0.2) is 77.7 Å². The van der Waals surface area contributed by atoms with E-state index in [2.05, 4.69) is 4.72 Å². The first-order valence-electron chi connectivity index (χ1n) is 8.05. The molecular weight excluding hydrogens is 366 g/mol. The van der Waals surface area contributed by atoms with Gasteiger partial charge in [0.25, 0.3) is 10.0 Å². The van der Waals surface area contributed by atoms with Gasteiger partial charge in [-0.2, -0.15) is 0 Å². The Balaban J connectivity index is 1.75. The molecule has 7 heteroatoms. The fourth-order valence-electron chi connectivity index (χ4n) is 2.38. The standard InChI is InChI=1S/C20H17NO5S/c1-14-4-2-3-5-19(14)26-17-10-12-18(13-11-17)27(24,25)21-16-8-6-15(7-9-16)20(22)23/h2-13,21H,1H3,(H,22,23). The lowest BCUT2D eigenvalue weighted by Crippen LogP contribution is -2.13. The van der Waals surface area contributed by atoms with Crippen LogP contribution in [0.25, 0.3) is 0 Å². The summed E-state index contributed by atoms with van der Waals surface area (Å²) in [5.74, 6) is 0.146. The second-order valence-corrected chi connectivity index (χ2v) is 7.51. The van der Waals surface area contributed by atoms with E-state index in [-0.39, 0.29) is 16.1 Å². The maximum atomic E-state index is 12.5. The van der Waals surface area contributed by atoms with E-state index < -0.39 is 16.0 Å². The number of para-hydroxylation sites is 1. The summed E-state index contributed by atoms with van der Waals surface area (Å²) in [6, 6.07) is 19.0. The van der Waals surface area contributed by atoms with Crippen LogP contribution in [0, 0.1) is 6.92 Å². The molecule has 3 rings (SSSR count). The van der Waals surface area contributed by atoms with Crippen molar-refractivity contribution in [3.63, 3.8) is 0 Å². The Hall–Kier alpha value is -3.32. The fraction of sp³-hybridized carbons (Fsp3) is 0.0500. The number of anilines is 1. The molecule has 0 saturated carbocycles. The predicted molar refractivity (Wildman–Crippen MR) is 102 cm³/mol. The van der Waals surface area contributed by atoms with Gasteiger partial charge >= 0.3 is 5.97 Å². The molecule has 0 bridgehead atoms. The number of aryl methyl sites for hydroxylation is 1. The number of nitrogens with one attached hydrogen (secondary N) is 1. The van der Waals surface area contributed by atoms with Crippen LogP contribution < -0.4 is 9.46 Å². The highest BCUT2D eigenvalue weighted by Gasteiger charge is 2.15. The van der Waals surface area contributed by atoms with Gasteiger partial charge in [-0.25, -0.2) is 13.2 Å². The molecule has 6 nitrogen and oxygen atoms in total. The topological polar surface area (TPSA) is 92.7 Å². The van der Waals surface area contributed by atoms with Gasteiger partial charge in [-0.3, -0.25) is 4.72 Å². The molecule has 0 aromatic heterocycles. The van der Waals surface area contributed by atoms with Gasteiger partial charge in [0, 0.05) is 5.69 Å². The summed E-state index contributed by atoms with van der Waals surface area (Å²) >= 11 is 0. The maximum Gasteiger partial charge on any atom is 0.335 e. The van der Waals surface area contributed by atoms with Crippen molar-refractivity contribution in [2.45, 2.75) is 11.8 Å². The Kier molecular flexibility index (Phi) is 5.14. The van der Waals surface area contributed by atoms with Gasteiger partial charge < -0.3 is 9.84 Å². The van der Waals surface area contributed by atoms with Crippen molar-refractivity contribution >= 4 is 21.7 Å². The molecule has 0 unspecified atom stereocenters. The summed E-state index contributed by atoms with van der Waals surface area (Å²) in [5.41, 5.74) is 1.33. The van der Waals surface area contributed by atoms with Crippen molar-refractivity contribution in [3.8, 4) is 11.5 Å². The lowest BCUT2D eigenvalue weighted by Gasteiger charge is -2.11. The molecule has 0 radical (unpaired) electrons. The summed E-state index contributed by atoms with van der Waals surface area (Å²) < 4.78 is 33.1. The Morgan fingerprint density at radius 2 is 1.56 bits per heavy atom. The molecule has 0 aliphatic carbocycles. The van der Waals surface area contributed by atoms with Crippen molar-refractivity contribution < 1.29 is 23.1 Å². The number of ether oxygens (including phenoxy) is 1. The fourth-order valence-corrected chi connectivity index (χ4v) is 3.44. The molecule has 0 saturated heterocycles. The van der Waals surface area contributed by atoms with E-state index in [1.165, 1.54) is 36.4 Å². The highest BCUT2D eigenvalue weighted by atomic mass is 32.2. The molecule has 0 atom stereocenters. The van der Waals surface area contributed by atoms with Gasteiger partial charge in [-0.15, -0.1) is 0 Å². The minimum Gasteiger partial charge on any atom is -0.478 e. The molecule has 0 heterocycles. The number of carbonyl (C=O) groups is 1. The van der Waals surface area contributed by atoms with Crippen molar-refractivity contribution in [2.75, 3.05) is 4.72 Å². The first kappa shape index (κ1) is 18.5. The van der Waals surface area contributed by atoms with E-state index in [0.717, 1.165) is 5.56 Å². The number of hydrogen-bond acceptors (Lipinski definition) is 4. The molecule has 3 aromatic carbocycles. The van der Waals surface area contributed by atoms with Gasteiger partial charge in [0.15, 0.2) is 0 Å². The van der Waals surface area contributed by atoms with E-state index in [1.807, 2.05) is 31.2 Å². The van der Waals surface area contributed by atoms with Crippen LogP contribution in [0.4, 0.5) is 5.69 Å². The molecule has 3 aromatic rings. The Morgan fingerprint density at radius 1 is 0.926 bits per heavy atom. The molecular formula is C20H17NO5S. The Bertz CT molecular complexity index is 1060. The van der Waals surface area contributed by atoms with E-state index >= 15 is 0 Å². The summed E-state index contributed by atoms with van der Waals surface area (Å²) in [6.45, 7) is 1.92. The predicted octanol–water partition coefficient (Wildman–Crippen LogP) is 4.29. The van der Waals surface area contributed by atoms with Crippen LogP contribution >= 0.6 is 0 Å². The third-order valence-electron chi connectivity index (χ3n) is 3.84. The van der Waals surface area contributed by atoms with Crippen LogP contribution in [0.1, 0.15) is 15.9 Å². The molecule has 2 N–H and O–H groups in total. The number of hydrogen-bond donors (Lipinski definition) is 2. The molecule has 0 spiro atoms. The number of aromatic carboxylic acids is 1. The first-order valence-corrected chi connectivity index (χ1v) is 9.53. The molecule has 0 amide bonds. The van der Waals surface area contributed by atoms with Crippen LogP contribution in [-0.2, 0) is 10.0 Å². The molecule has 0 aliphatic heterocycles. The van der Waals surface area contributed by atoms with Crippen LogP contribution in [-0.4, -0.2) is 19.5 Å². The van der Waals surface area contributed by atoms with Gasteiger partial charge in [-0.05, 0) is 67.1 Å². The zero-order chi connectivity index (χ0) is 19.4. The zero-order valence-electron chi connectivity index (χ0n) is 14.4. The number of carboxylic acid groups (broad SMARTS) is 1. The van der Waals surface area contributed by atoms with E-state index in [9.17, 15) is 13.2 Å². The molecule has 138 valence electrons. The van der Waals surface area contributed by atoms with Gasteiger partial charge in [0.2, 0.25) is 0 Å². The van der Waals surface area contributed by atoms with Gasteiger partial charge in [0.05, 0.1) is 10.5 Å². The highest BCUT2D eigenvalue weighted by molar-refractivity contribution is 7.92. The molecule has 0 aliphatic rings. The minimum atomic E-state index is -3.80. The summed E-state index contributed by atoms with van der Waals surface area (Å²) in [4.78, 5) is 10.9. The van der Waals surface area contributed by atoms with Crippen molar-refractivity contribution in [1.29, 1.82) is 0 Å². The number of sulfonamides is 1. The second kappa shape index (κ2) is 7.51. The average Bonchev–Trinajstić information content (AvgIpc) is 2.64. The van der Waals surface area contributed by atoms with E-state index in [1.54, 1.807) is 12.1 Å². The van der Waals surface area contributed by atoms with Gasteiger partial charge in [0.1, 0.15) is 11.5 Å². The van der Waals surface area contributed by atoms with Crippen molar-refractivity contribution in [2.24, 2.45) is 0 Å². The number of carboxylic acids is 1. The second-order valence-electron chi connectivity index (χ2n) is 5.83. The van der Waals surface area contributed by atoms with Crippen LogP contribution in [0.2, 0.25) is 0 Å². The minimum absolute atomic E-state index is 0.0712. The number of rotatable bonds is 6. The maximum absolute atomic E-state index is 12.5. The third-order valence-corrected chi connectivity index (χ3v) is 5.24. The SMILES string of the molecule is Cc1ccccc1Oc1ccc(S(=O)(=O)Nc2ccc(C(=O)O)cc2)cc1. The lowest BCUT2D eigenvalue weighted by atomic mass is 10.2. The summed E-state index contributed by atoms with van der Waals surface area (Å²) in [6.07, 6.45) is 0. The summed E-state index contributed by atoms with van der Waals surface area (Å²) in [5, 5.41) is 8.88. The van der Waals surface area contributed by atoms with Crippen LogP contribution in [0.5, 0.6) is 11.5 Å². The summed E-state index contributed by atoms with van der Waals surface area (Å²) in [7, 11) is -3.80.